The lowest BCUT2D eigenvalue weighted by Crippen LogP contribution is -2.10. The first kappa shape index (κ1) is 15.3. The van der Waals surface area contributed by atoms with Crippen LogP contribution in [0.1, 0.15) is 29.3 Å². The number of carbonyl (C=O) groups is 2. The first-order valence-electron chi connectivity index (χ1n) is 6.76. The number of carbonyl (C=O) groups excluding carboxylic acids is 2. The molecular formula is C17H16ClNO2. The number of ketones is 1. The molecule has 2 aromatic carbocycles. The first-order chi connectivity index (χ1) is 10.1. The lowest BCUT2D eigenvalue weighted by molar-refractivity contribution is -0.115. The molecule has 0 aliphatic heterocycles. The number of Topliss-reactive ketones (excluding diaryl/α,β-unsaturated/α-hetero) is 1. The van der Waals surface area contributed by atoms with Gasteiger partial charge in [0.05, 0.1) is 0 Å². The third-order valence-corrected chi connectivity index (χ3v) is 3.31. The minimum atomic E-state index is -0.0452. The molecule has 3 nitrogen and oxygen atoms in total. The second-order valence-electron chi connectivity index (χ2n) is 4.71. The van der Waals surface area contributed by atoms with E-state index in [4.69, 9.17) is 11.6 Å². The van der Waals surface area contributed by atoms with Crippen LogP contribution in [0.3, 0.4) is 0 Å². The molecule has 0 heterocycles. The van der Waals surface area contributed by atoms with E-state index in [-0.39, 0.29) is 18.1 Å². The van der Waals surface area contributed by atoms with Crippen LogP contribution in [0.15, 0.2) is 48.5 Å². The van der Waals surface area contributed by atoms with Crippen molar-refractivity contribution in [3.63, 3.8) is 0 Å². The molecule has 0 unspecified atom stereocenters. The summed E-state index contributed by atoms with van der Waals surface area (Å²) in [6, 6.07) is 14.2. The zero-order chi connectivity index (χ0) is 15.2. The molecule has 0 aliphatic rings. The number of halogens is 1. The summed E-state index contributed by atoms with van der Waals surface area (Å²) in [6.07, 6.45) is 0.714. The summed E-state index contributed by atoms with van der Waals surface area (Å²) < 4.78 is 0. The summed E-state index contributed by atoms with van der Waals surface area (Å²) in [6.45, 7) is 1.79. The quantitative estimate of drug-likeness (QED) is 0.845. The predicted octanol–water partition coefficient (Wildman–Crippen LogP) is 4.11. The van der Waals surface area contributed by atoms with Crippen LogP contribution in [0, 0.1) is 0 Å². The van der Waals surface area contributed by atoms with Gasteiger partial charge in [0.1, 0.15) is 0 Å². The molecule has 2 rings (SSSR count). The molecule has 21 heavy (non-hydrogen) atoms. The molecule has 108 valence electrons. The molecule has 0 atom stereocenters. The number of anilines is 1. The van der Waals surface area contributed by atoms with Crippen molar-refractivity contribution in [1.29, 1.82) is 0 Å². The van der Waals surface area contributed by atoms with Crippen LogP contribution < -0.4 is 5.32 Å². The molecule has 0 spiro atoms. The Hall–Kier alpha value is -2.13. The van der Waals surface area contributed by atoms with Gasteiger partial charge in [-0.2, -0.15) is 0 Å². The normalized spacial score (nSPS) is 10.2. The summed E-state index contributed by atoms with van der Waals surface area (Å²) in [7, 11) is 0. The molecule has 0 aliphatic carbocycles. The molecular weight excluding hydrogens is 286 g/mol. The van der Waals surface area contributed by atoms with Gasteiger partial charge in [-0.05, 0) is 42.0 Å². The van der Waals surface area contributed by atoms with Crippen molar-refractivity contribution < 1.29 is 9.59 Å². The fourth-order valence-corrected chi connectivity index (χ4v) is 2.06. The number of hydrogen-bond donors (Lipinski definition) is 1. The van der Waals surface area contributed by atoms with Crippen LogP contribution in [-0.2, 0) is 11.2 Å². The standard InChI is InChI=1S/C17H16ClNO2/c1-2-17(21)19-15-5-3-4-12(10-15)11-16(20)13-6-8-14(18)9-7-13/h3-10H,2,11H2,1H3,(H,19,21). The summed E-state index contributed by atoms with van der Waals surface area (Å²) in [5, 5.41) is 3.39. The Balaban J connectivity index is 2.08. The van der Waals surface area contributed by atoms with E-state index in [9.17, 15) is 9.59 Å². The summed E-state index contributed by atoms with van der Waals surface area (Å²) in [4.78, 5) is 23.6. The highest BCUT2D eigenvalue weighted by molar-refractivity contribution is 6.30. The zero-order valence-electron chi connectivity index (χ0n) is 11.7. The number of nitrogens with one attached hydrogen (secondary N) is 1. The van der Waals surface area contributed by atoms with Crippen molar-refractivity contribution in [2.24, 2.45) is 0 Å². The maximum absolute atomic E-state index is 12.2. The number of rotatable bonds is 5. The third kappa shape index (κ3) is 4.43. The average molecular weight is 302 g/mol. The molecule has 0 saturated carbocycles. The molecule has 0 bridgehead atoms. The van der Waals surface area contributed by atoms with Gasteiger partial charge in [-0.15, -0.1) is 0 Å². The Morgan fingerprint density at radius 3 is 2.48 bits per heavy atom. The van der Waals surface area contributed by atoms with Crippen LogP contribution in [-0.4, -0.2) is 11.7 Å². The Morgan fingerprint density at radius 1 is 1.10 bits per heavy atom. The van der Waals surface area contributed by atoms with E-state index in [1.807, 2.05) is 24.3 Å². The lowest BCUT2D eigenvalue weighted by Gasteiger charge is -2.06. The predicted molar refractivity (Wildman–Crippen MR) is 84.8 cm³/mol. The smallest absolute Gasteiger partial charge is 0.224 e. The molecule has 0 aromatic heterocycles. The fourth-order valence-electron chi connectivity index (χ4n) is 1.93. The van der Waals surface area contributed by atoms with Gasteiger partial charge in [-0.3, -0.25) is 9.59 Å². The van der Waals surface area contributed by atoms with Crippen LogP contribution in [0.25, 0.3) is 0 Å². The number of amides is 1. The van der Waals surface area contributed by atoms with E-state index in [0.29, 0.717) is 22.7 Å². The van der Waals surface area contributed by atoms with Crippen molar-refractivity contribution in [3.8, 4) is 0 Å². The monoisotopic (exact) mass is 301 g/mol. The maximum atomic E-state index is 12.2. The van der Waals surface area contributed by atoms with Gasteiger partial charge in [-0.25, -0.2) is 0 Å². The topological polar surface area (TPSA) is 46.2 Å². The molecule has 1 N–H and O–H groups in total. The van der Waals surface area contributed by atoms with Gasteiger partial charge in [-0.1, -0.05) is 30.7 Å². The highest BCUT2D eigenvalue weighted by Crippen LogP contribution is 2.15. The molecule has 2 aromatic rings. The van der Waals surface area contributed by atoms with Crippen molar-refractivity contribution in [1.82, 2.24) is 0 Å². The van der Waals surface area contributed by atoms with E-state index >= 15 is 0 Å². The van der Waals surface area contributed by atoms with E-state index in [2.05, 4.69) is 5.32 Å². The molecule has 1 amide bonds. The zero-order valence-corrected chi connectivity index (χ0v) is 12.5. The van der Waals surface area contributed by atoms with E-state index in [1.54, 1.807) is 31.2 Å². The molecule has 0 saturated heterocycles. The van der Waals surface area contributed by atoms with Gasteiger partial charge in [0.25, 0.3) is 0 Å². The summed E-state index contributed by atoms with van der Waals surface area (Å²) >= 11 is 5.81. The minimum absolute atomic E-state index is 0.0191. The van der Waals surface area contributed by atoms with Gasteiger partial charge in [0, 0.05) is 29.1 Å². The van der Waals surface area contributed by atoms with Crippen LogP contribution in [0.4, 0.5) is 5.69 Å². The summed E-state index contributed by atoms with van der Waals surface area (Å²) in [5.74, 6) is -0.0261. The van der Waals surface area contributed by atoms with E-state index < -0.39 is 0 Å². The first-order valence-corrected chi connectivity index (χ1v) is 7.14. The van der Waals surface area contributed by atoms with Crippen LogP contribution in [0.2, 0.25) is 5.02 Å². The van der Waals surface area contributed by atoms with Crippen LogP contribution in [0.5, 0.6) is 0 Å². The van der Waals surface area contributed by atoms with Crippen molar-refractivity contribution in [2.45, 2.75) is 19.8 Å². The number of benzene rings is 2. The van der Waals surface area contributed by atoms with Crippen molar-refractivity contribution in [2.75, 3.05) is 5.32 Å². The highest BCUT2D eigenvalue weighted by Gasteiger charge is 2.08. The minimum Gasteiger partial charge on any atom is -0.326 e. The summed E-state index contributed by atoms with van der Waals surface area (Å²) in [5.41, 5.74) is 2.20. The largest absolute Gasteiger partial charge is 0.326 e. The lowest BCUT2D eigenvalue weighted by atomic mass is 10.0. The SMILES string of the molecule is CCC(=O)Nc1cccc(CC(=O)c2ccc(Cl)cc2)c1. The van der Waals surface area contributed by atoms with Gasteiger partial charge in [0.15, 0.2) is 5.78 Å². The van der Waals surface area contributed by atoms with Gasteiger partial charge < -0.3 is 5.32 Å². The van der Waals surface area contributed by atoms with E-state index in [1.165, 1.54) is 0 Å². The average Bonchev–Trinajstić information content (AvgIpc) is 2.48. The number of hydrogen-bond acceptors (Lipinski definition) is 2. The van der Waals surface area contributed by atoms with Gasteiger partial charge >= 0.3 is 0 Å². The molecule has 4 heteroatoms. The molecule has 0 fully saturated rings. The third-order valence-electron chi connectivity index (χ3n) is 3.06. The Morgan fingerprint density at radius 2 is 1.81 bits per heavy atom. The Kier molecular flexibility index (Phi) is 5.12. The second-order valence-corrected chi connectivity index (χ2v) is 5.15. The van der Waals surface area contributed by atoms with Gasteiger partial charge in [0.2, 0.25) is 5.91 Å². The Bertz CT molecular complexity index is 650. The fraction of sp³-hybridized carbons (Fsp3) is 0.176. The molecule has 0 radical (unpaired) electrons. The maximum Gasteiger partial charge on any atom is 0.224 e. The van der Waals surface area contributed by atoms with Crippen molar-refractivity contribution >= 4 is 29.0 Å². The highest BCUT2D eigenvalue weighted by atomic mass is 35.5. The van der Waals surface area contributed by atoms with Crippen LogP contribution >= 0.6 is 11.6 Å². The Labute approximate surface area is 128 Å². The van der Waals surface area contributed by atoms with E-state index in [0.717, 1.165) is 5.56 Å². The second kappa shape index (κ2) is 7.04. The van der Waals surface area contributed by atoms with Crippen molar-refractivity contribution in [3.05, 3.63) is 64.7 Å².